The van der Waals surface area contributed by atoms with Crippen molar-refractivity contribution < 1.29 is 4.79 Å². The first-order chi connectivity index (χ1) is 9.61. The molecule has 1 saturated heterocycles. The molecule has 1 aliphatic carbocycles. The molecular weight excluding hydrogens is 268 g/mol. The van der Waals surface area contributed by atoms with Gasteiger partial charge in [0.25, 0.3) is 0 Å². The predicted molar refractivity (Wildman–Crippen MR) is 82.8 cm³/mol. The van der Waals surface area contributed by atoms with E-state index >= 15 is 0 Å². The van der Waals surface area contributed by atoms with Crippen LogP contribution in [0.4, 0.5) is 0 Å². The van der Waals surface area contributed by atoms with Crippen LogP contribution in [0, 0.1) is 5.92 Å². The molecule has 1 aromatic heterocycles. The Labute approximate surface area is 125 Å². The Morgan fingerprint density at radius 2 is 2.15 bits per heavy atom. The zero-order valence-electron chi connectivity index (χ0n) is 12.3. The molecule has 1 aliphatic heterocycles. The lowest BCUT2D eigenvalue weighted by Gasteiger charge is -2.41. The number of hydrogen-bond acceptors (Lipinski definition) is 3. The van der Waals surface area contributed by atoms with Crippen LogP contribution in [0.25, 0.3) is 0 Å². The lowest BCUT2D eigenvalue weighted by molar-refractivity contribution is -0.140. The van der Waals surface area contributed by atoms with Gasteiger partial charge in [-0.15, -0.1) is 11.3 Å². The zero-order chi connectivity index (χ0) is 14.3. The van der Waals surface area contributed by atoms with E-state index < -0.39 is 0 Å². The van der Waals surface area contributed by atoms with E-state index in [1.54, 1.807) is 11.3 Å². The third kappa shape index (κ3) is 2.01. The second kappa shape index (κ2) is 5.15. The number of rotatable bonds is 3. The van der Waals surface area contributed by atoms with E-state index in [-0.39, 0.29) is 5.41 Å². The van der Waals surface area contributed by atoms with Gasteiger partial charge in [0.2, 0.25) is 5.91 Å². The summed E-state index contributed by atoms with van der Waals surface area (Å²) in [5, 5.41) is 2.07. The van der Waals surface area contributed by atoms with Gasteiger partial charge in [0.1, 0.15) is 0 Å². The van der Waals surface area contributed by atoms with Crippen LogP contribution in [0.1, 0.15) is 44.4 Å². The fraction of sp³-hybridized carbons (Fsp3) is 0.688. The topological polar surface area (TPSA) is 46.3 Å². The number of carbonyl (C=O) groups is 1. The second-order valence-electron chi connectivity index (χ2n) is 6.43. The minimum Gasteiger partial charge on any atom is -0.336 e. The smallest absolute Gasteiger partial charge is 0.234 e. The van der Waals surface area contributed by atoms with E-state index in [2.05, 4.69) is 30.2 Å². The monoisotopic (exact) mass is 292 g/mol. The first kappa shape index (κ1) is 14.1. The Balaban J connectivity index is 1.91. The molecular formula is C16H24N2OS. The van der Waals surface area contributed by atoms with E-state index in [0.717, 1.165) is 19.3 Å². The van der Waals surface area contributed by atoms with Crippen LogP contribution in [-0.2, 0) is 10.2 Å². The third-order valence-electron chi connectivity index (χ3n) is 5.16. The molecule has 1 amide bonds. The number of thiophene rings is 1. The Kier molecular flexibility index (Phi) is 3.63. The van der Waals surface area contributed by atoms with E-state index in [0.29, 0.717) is 30.5 Å². The van der Waals surface area contributed by atoms with Gasteiger partial charge in [0, 0.05) is 17.0 Å². The van der Waals surface area contributed by atoms with Crippen LogP contribution in [0.3, 0.4) is 0 Å². The molecule has 20 heavy (non-hydrogen) atoms. The van der Waals surface area contributed by atoms with Gasteiger partial charge >= 0.3 is 0 Å². The fourth-order valence-electron chi connectivity index (χ4n) is 3.87. The maximum absolute atomic E-state index is 13.2. The number of carbonyl (C=O) groups excluding carboxylic acids is 1. The van der Waals surface area contributed by atoms with E-state index in [9.17, 15) is 4.79 Å². The molecule has 2 fully saturated rings. The predicted octanol–water partition coefficient (Wildman–Crippen LogP) is 2.75. The quantitative estimate of drug-likeness (QED) is 0.931. The number of hydrogen-bond donors (Lipinski definition) is 1. The maximum Gasteiger partial charge on any atom is 0.234 e. The minimum atomic E-state index is -0.303. The molecule has 4 atom stereocenters. The van der Waals surface area contributed by atoms with Gasteiger partial charge in [-0.1, -0.05) is 6.07 Å². The molecule has 0 radical (unpaired) electrons. The van der Waals surface area contributed by atoms with Gasteiger partial charge in [0.15, 0.2) is 0 Å². The summed E-state index contributed by atoms with van der Waals surface area (Å²) < 4.78 is 0. The van der Waals surface area contributed by atoms with Gasteiger partial charge in [0.05, 0.1) is 5.41 Å². The number of nitrogens with zero attached hydrogens (tertiary/aromatic N) is 1. The minimum absolute atomic E-state index is 0.303. The molecule has 4 heteroatoms. The summed E-state index contributed by atoms with van der Waals surface area (Å²) in [5.41, 5.74) is 5.58. The summed E-state index contributed by atoms with van der Waals surface area (Å²) in [5.74, 6) is 0.657. The molecule has 0 spiro atoms. The van der Waals surface area contributed by atoms with Crippen molar-refractivity contribution >= 4 is 17.2 Å². The van der Waals surface area contributed by atoms with Crippen molar-refractivity contribution in [1.82, 2.24) is 4.90 Å². The fourth-order valence-corrected chi connectivity index (χ4v) is 4.88. The number of likely N-dealkylation sites (tertiary alicyclic amines) is 1. The molecule has 2 N–H and O–H groups in total. The molecule has 110 valence electrons. The van der Waals surface area contributed by atoms with Crippen LogP contribution in [-0.4, -0.2) is 29.4 Å². The largest absolute Gasteiger partial charge is 0.336 e. The normalized spacial score (nSPS) is 37.0. The van der Waals surface area contributed by atoms with E-state index in [4.69, 9.17) is 5.73 Å². The molecule has 3 rings (SSSR count). The van der Waals surface area contributed by atoms with Crippen molar-refractivity contribution in [2.45, 2.75) is 57.0 Å². The van der Waals surface area contributed by atoms with Crippen molar-refractivity contribution in [1.29, 1.82) is 0 Å². The number of nitrogens with two attached hydrogens (primary N) is 1. The van der Waals surface area contributed by atoms with E-state index in [1.807, 2.05) is 6.07 Å². The number of amides is 1. The molecule has 0 unspecified atom stereocenters. The summed E-state index contributed by atoms with van der Waals surface area (Å²) in [6.07, 6.45) is 4.42. The van der Waals surface area contributed by atoms with Crippen LogP contribution in [0.15, 0.2) is 17.5 Å². The van der Waals surface area contributed by atoms with Gasteiger partial charge in [-0.25, -0.2) is 0 Å². The van der Waals surface area contributed by atoms with Gasteiger partial charge in [-0.3, -0.25) is 4.79 Å². The molecule has 0 aromatic carbocycles. The third-order valence-corrected chi connectivity index (χ3v) is 6.21. The van der Waals surface area contributed by atoms with Crippen LogP contribution in [0.2, 0.25) is 0 Å². The van der Waals surface area contributed by atoms with Crippen LogP contribution in [0.5, 0.6) is 0 Å². The van der Waals surface area contributed by atoms with Crippen molar-refractivity contribution in [2.75, 3.05) is 6.54 Å². The first-order valence-electron chi connectivity index (χ1n) is 7.68. The highest BCUT2D eigenvalue weighted by Crippen LogP contribution is 2.57. The molecule has 1 saturated carbocycles. The van der Waals surface area contributed by atoms with Crippen molar-refractivity contribution in [2.24, 2.45) is 11.7 Å². The van der Waals surface area contributed by atoms with Gasteiger partial charge in [-0.2, -0.15) is 0 Å². The average molecular weight is 292 g/mol. The summed E-state index contributed by atoms with van der Waals surface area (Å²) in [7, 11) is 0. The molecule has 2 heterocycles. The SMILES string of the molecule is C[C@@H]1CCC[C@H](C)N1C(=O)[C@@]1(c2cccs2)C[C@H]1CN. The Morgan fingerprint density at radius 3 is 2.65 bits per heavy atom. The number of piperidine rings is 1. The summed E-state index contributed by atoms with van der Waals surface area (Å²) in [4.78, 5) is 16.6. The molecule has 2 aliphatic rings. The van der Waals surface area contributed by atoms with Crippen LogP contribution < -0.4 is 5.73 Å². The Bertz CT molecular complexity index is 477. The van der Waals surface area contributed by atoms with Crippen molar-refractivity contribution in [3.05, 3.63) is 22.4 Å². The summed E-state index contributed by atoms with van der Waals surface area (Å²) in [6, 6.07) is 4.88. The molecule has 3 nitrogen and oxygen atoms in total. The molecule has 1 aromatic rings. The Hall–Kier alpha value is -0.870. The summed E-state index contributed by atoms with van der Waals surface area (Å²) in [6.45, 7) is 4.99. The zero-order valence-corrected chi connectivity index (χ0v) is 13.2. The van der Waals surface area contributed by atoms with Gasteiger partial charge < -0.3 is 10.6 Å². The Morgan fingerprint density at radius 1 is 1.45 bits per heavy atom. The first-order valence-corrected chi connectivity index (χ1v) is 8.56. The van der Waals surface area contributed by atoms with Gasteiger partial charge in [-0.05, 0) is 63.4 Å². The average Bonchev–Trinajstić information content (AvgIpc) is 2.92. The van der Waals surface area contributed by atoms with Crippen LogP contribution >= 0.6 is 11.3 Å². The van der Waals surface area contributed by atoms with Crippen molar-refractivity contribution in [3.63, 3.8) is 0 Å². The van der Waals surface area contributed by atoms with Crippen molar-refractivity contribution in [3.8, 4) is 0 Å². The maximum atomic E-state index is 13.2. The van der Waals surface area contributed by atoms with E-state index in [1.165, 1.54) is 11.3 Å². The molecule has 0 bridgehead atoms. The highest BCUT2D eigenvalue weighted by Gasteiger charge is 2.62. The lowest BCUT2D eigenvalue weighted by atomic mass is 9.92. The standard InChI is InChI=1S/C16H24N2OS/c1-11-5-3-6-12(2)18(11)15(19)16(9-13(16)10-17)14-7-4-8-20-14/h4,7-8,11-13H,3,5-6,9-10,17H2,1-2H3/t11-,12+,13-,16-/m0/s1. The summed E-state index contributed by atoms with van der Waals surface area (Å²) >= 11 is 1.70. The highest BCUT2D eigenvalue weighted by molar-refractivity contribution is 7.10. The highest BCUT2D eigenvalue weighted by atomic mass is 32.1. The lowest BCUT2D eigenvalue weighted by Crippen LogP contribution is -2.52. The second-order valence-corrected chi connectivity index (χ2v) is 7.37.